The highest BCUT2D eigenvalue weighted by atomic mass is 16.6. The average Bonchev–Trinajstić information content (AvgIpc) is 2.98. The fourth-order valence-corrected chi connectivity index (χ4v) is 7.23. The van der Waals surface area contributed by atoms with E-state index in [4.69, 9.17) is 10.5 Å². The fraction of sp³-hybridized carbons (Fsp3) is 0.528. The number of aliphatic hydroxyl groups is 1. The van der Waals surface area contributed by atoms with Gasteiger partial charge in [-0.1, -0.05) is 42.9 Å². The van der Waals surface area contributed by atoms with Gasteiger partial charge in [0.2, 0.25) is 0 Å². The smallest absolute Gasteiger partial charge is 0.430 e. The maximum atomic E-state index is 12.5. The van der Waals surface area contributed by atoms with Gasteiger partial charge in [-0.25, -0.2) is 4.79 Å². The van der Waals surface area contributed by atoms with Gasteiger partial charge in [-0.2, -0.15) is 10.1 Å². The number of carbonyl (C=O) groups excluding carboxylic acids is 1. The number of aliphatic imine (C=N–C) groups is 1. The van der Waals surface area contributed by atoms with Gasteiger partial charge in [0.25, 0.3) is 0 Å². The van der Waals surface area contributed by atoms with E-state index in [0.29, 0.717) is 44.3 Å². The highest BCUT2D eigenvalue weighted by Gasteiger charge is 2.61. The molecule has 4 rings (SSSR count). The first-order chi connectivity index (χ1) is 21.7. The molecule has 0 radical (unpaired) electrons. The van der Waals surface area contributed by atoms with Gasteiger partial charge in [0.15, 0.2) is 11.5 Å². The highest BCUT2D eigenvalue weighted by molar-refractivity contribution is 5.69. The maximum Gasteiger partial charge on any atom is 0.430 e. The Morgan fingerprint density at radius 2 is 2.00 bits per heavy atom. The van der Waals surface area contributed by atoms with E-state index < -0.39 is 22.7 Å². The number of ether oxygens (including phenoxy) is 1. The van der Waals surface area contributed by atoms with Gasteiger partial charge in [-0.15, -0.1) is 0 Å². The Kier molecular flexibility index (Phi) is 10.8. The molecule has 3 unspecified atom stereocenters. The summed E-state index contributed by atoms with van der Waals surface area (Å²) in [5.41, 5.74) is 7.10. The SMILES string of the molecule is C=N/C(CC12CCN(CCCCCN(/N=C/N)C(=O)OC(C)(C)C)C(Cc3ccc(O)c(O)c31)C2(C)O)=C(C)\C=C1\C=CC=CC1. The number of likely N-dealkylation sites (tertiary alicyclic amines) is 1. The molecule has 10 heteroatoms. The number of amides is 1. The second-order valence-corrected chi connectivity index (χ2v) is 13.8. The summed E-state index contributed by atoms with van der Waals surface area (Å²) in [7, 11) is 0. The number of nitrogens with two attached hydrogens (primary N) is 1. The molecule has 1 saturated heterocycles. The van der Waals surface area contributed by atoms with Crippen LogP contribution in [0.3, 0.4) is 0 Å². The van der Waals surface area contributed by atoms with Crippen LogP contribution in [0.2, 0.25) is 0 Å². The third kappa shape index (κ3) is 7.39. The van der Waals surface area contributed by atoms with Crippen molar-refractivity contribution in [3.05, 3.63) is 70.5 Å². The van der Waals surface area contributed by atoms with Crippen LogP contribution in [0.1, 0.15) is 84.3 Å². The first kappa shape index (κ1) is 35.0. The number of nitrogens with zero attached hydrogens (tertiary/aromatic N) is 4. The minimum Gasteiger partial charge on any atom is -0.504 e. The summed E-state index contributed by atoms with van der Waals surface area (Å²) in [4.78, 5) is 19.3. The Morgan fingerprint density at radius 3 is 2.65 bits per heavy atom. The predicted molar refractivity (Wildman–Crippen MR) is 183 cm³/mol. The van der Waals surface area contributed by atoms with Crippen LogP contribution in [0.15, 0.2) is 69.4 Å². The number of piperidine rings is 1. The molecular formula is C36H51N5O5. The molecule has 1 heterocycles. The van der Waals surface area contributed by atoms with Crippen LogP contribution in [0, 0.1) is 0 Å². The van der Waals surface area contributed by atoms with Gasteiger partial charge < -0.3 is 25.8 Å². The maximum absolute atomic E-state index is 12.5. The molecule has 1 amide bonds. The van der Waals surface area contributed by atoms with Gasteiger partial charge in [0, 0.05) is 35.7 Å². The second kappa shape index (κ2) is 14.3. The fourth-order valence-electron chi connectivity index (χ4n) is 7.23. The second-order valence-electron chi connectivity index (χ2n) is 13.8. The van der Waals surface area contributed by atoms with Crippen LogP contribution >= 0.6 is 0 Å². The third-order valence-corrected chi connectivity index (χ3v) is 9.57. The summed E-state index contributed by atoms with van der Waals surface area (Å²) in [6.45, 7) is 15.0. The molecule has 1 aromatic carbocycles. The first-order valence-corrected chi connectivity index (χ1v) is 16.2. The summed E-state index contributed by atoms with van der Waals surface area (Å²) < 4.78 is 5.44. The van der Waals surface area contributed by atoms with Crippen LogP contribution in [-0.2, 0) is 16.6 Å². The van der Waals surface area contributed by atoms with Crippen molar-refractivity contribution in [3.8, 4) is 11.5 Å². The molecule has 5 N–H and O–H groups in total. The number of fused-ring (bicyclic) bond motifs is 4. The van der Waals surface area contributed by atoms with Crippen molar-refractivity contribution in [2.75, 3.05) is 19.6 Å². The van der Waals surface area contributed by atoms with E-state index >= 15 is 0 Å². The van der Waals surface area contributed by atoms with Gasteiger partial charge in [0.1, 0.15) is 11.9 Å². The topological polar surface area (TPSA) is 144 Å². The molecular weight excluding hydrogens is 582 g/mol. The van der Waals surface area contributed by atoms with Crippen molar-refractivity contribution in [1.29, 1.82) is 0 Å². The van der Waals surface area contributed by atoms with E-state index in [1.807, 2.05) is 52.8 Å². The molecule has 46 heavy (non-hydrogen) atoms. The zero-order chi connectivity index (χ0) is 33.7. The van der Waals surface area contributed by atoms with E-state index in [9.17, 15) is 20.1 Å². The Bertz CT molecular complexity index is 1450. The lowest BCUT2D eigenvalue weighted by atomic mass is 9.53. The molecule has 2 aliphatic carbocycles. The van der Waals surface area contributed by atoms with Gasteiger partial charge in [0.05, 0.1) is 5.60 Å². The van der Waals surface area contributed by atoms with E-state index in [-0.39, 0.29) is 17.5 Å². The van der Waals surface area contributed by atoms with Crippen LogP contribution in [-0.4, -0.2) is 81.3 Å². The third-order valence-electron chi connectivity index (χ3n) is 9.57. The zero-order valence-electron chi connectivity index (χ0n) is 28.0. The number of rotatable bonds is 11. The molecule has 0 saturated carbocycles. The number of allylic oxidation sites excluding steroid dienone is 8. The quantitative estimate of drug-likeness (QED) is 0.0789. The summed E-state index contributed by atoms with van der Waals surface area (Å²) in [5.74, 6) is -0.358. The minimum absolute atomic E-state index is 0.167. The molecule has 1 aliphatic heterocycles. The monoisotopic (exact) mass is 633 g/mol. The van der Waals surface area contributed by atoms with Crippen LogP contribution in [0.25, 0.3) is 0 Å². The number of phenolic OH excluding ortho intramolecular Hbond substituents is 2. The number of aromatic hydroxyl groups is 2. The molecule has 1 fully saturated rings. The molecule has 0 aromatic heterocycles. The number of phenols is 2. The van der Waals surface area contributed by atoms with Crippen molar-refractivity contribution in [1.82, 2.24) is 9.91 Å². The van der Waals surface area contributed by atoms with Crippen LogP contribution in [0.4, 0.5) is 4.79 Å². The molecule has 2 bridgehead atoms. The number of unbranched alkanes of at least 4 members (excludes halogenated alkanes) is 2. The summed E-state index contributed by atoms with van der Waals surface area (Å²) >= 11 is 0. The normalized spacial score (nSPS) is 25.8. The summed E-state index contributed by atoms with van der Waals surface area (Å²) in [6, 6.07) is 3.18. The summed E-state index contributed by atoms with van der Waals surface area (Å²) in [6.07, 6.45) is 15.6. The molecule has 10 nitrogen and oxygen atoms in total. The van der Waals surface area contributed by atoms with Crippen molar-refractivity contribution in [2.24, 2.45) is 15.8 Å². The largest absolute Gasteiger partial charge is 0.504 e. The average molecular weight is 634 g/mol. The van der Waals surface area contributed by atoms with Crippen molar-refractivity contribution in [3.63, 3.8) is 0 Å². The van der Waals surface area contributed by atoms with Gasteiger partial charge >= 0.3 is 6.09 Å². The van der Waals surface area contributed by atoms with Gasteiger partial charge in [-0.3, -0.25) is 9.89 Å². The van der Waals surface area contributed by atoms with Crippen LogP contribution < -0.4 is 5.73 Å². The van der Waals surface area contributed by atoms with Crippen molar-refractivity contribution < 1.29 is 24.9 Å². The van der Waals surface area contributed by atoms with Crippen molar-refractivity contribution in [2.45, 2.75) is 102 Å². The Balaban J connectivity index is 1.54. The lowest BCUT2D eigenvalue weighted by Crippen LogP contribution is -2.70. The Hall–Kier alpha value is -3.89. The number of hydrazone groups is 1. The van der Waals surface area contributed by atoms with E-state index in [1.165, 1.54) is 11.1 Å². The molecule has 3 aliphatic rings. The molecule has 250 valence electrons. The lowest BCUT2D eigenvalue weighted by molar-refractivity contribution is -0.135. The zero-order valence-corrected chi connectivity index (χ0v) is 28.0. The number of carbonyl (C=O) groups is 1. The minimum atomic E-state index is -1.25. The first-order valence-electron chi connectivity index (χ1n) is 16.2. The van der Waals surface area contributed by atoms with E-state index in [1.54, 1.807) is 0 Å². The number of benzene rings is 1. The Morgan fingerprint density at radius 1 is 1.24 bits per heavy atom. The lowest BCUT2D eigenvalue weighted by Gasteiger charge is -2.61. The predicted octanol–water partition coefficient (Wildman–Crippen LogP) is 5.83. The van der Waals surface area contributed by atoms with E-state index in [0.717, 1.165) is 54.6 Å². The standard InChI is InChI=1S/C36H51N5O5/c1-25(21-26-13-9-7-10-14-26)28(38-6)23-36-17-20-40(18-11-8-12-19-41(39-24-37)33(44)46-34(2,3)4)30(35(36,5)45)22-27-15-16-29(42)32(43)31(27)36/h7,9-10,13,15-16,21,24,30,42-43,45H,6,8,11-12,14,17-20,22-23H2,1-5H3,(H2,37,39)/b26-21-,28-25-. The Labute approximate surface area is 273 Å². The van der Waals surface area contributed by atoms with Crippen LogP contribution in [0.5, 0.6) is 11.5 Å². The number of hydrogen-bond acceptors (Lipinski definition) is 8. The molecule has 1 aromatic rings. The molecule has 0 spiro atoms. The van der Waals surface area contributed by atoms with E-state index in [2.05, 4.69) is 39.9 Å². The number of hydrogen-bond donors (Lipinski definition) is 4. The summed E-state index contributed by atoms with van der Waals surface area (Å²) in [5, 5.41) is 39.6. The van der Waals surface area contributed by atoms with Gasteiger partial charge in [-0.05, 0) is 109 Å². The highest BCUT2D eigenvalue weighted by Crippen LogP contribution is 2.58. The molecule has 3 atom stereocenters. The van der Waals surface area contributed by atoms with Crippen molar-refractivity contribution >= 4 is 19.1 Å².